The number of thiophene rings is 1. The lowest BCUT2D eigenvalue weighted by Gasteiger charge is -2.11. The van der Waals surface area contributed by atoms with Gasteiger partial charge in [0.15, 0.2) is 0 Å². The van der Waals surface area contributed by atoms with Crippen molar-refractivity contribution in [2.24, 2.45) is 0 Å². The van der Waals surface area contributed by atoms with E-state index < -0.39 is 0 Å². The summed E-state index contributed by atoms with van der Waals surface area (Å²) in [6.45, 7) is 2.70. The van der Waals surface area contributed by atoms with E-state index in [1.165, 1.54) is 0 Å². The quantitative estimate of drug-likeness (QED) is 0.872. The van der Waals surface area contributed by atoms with E-state index in [0.717, 1.165) is 23.4 Å². The Bertz CT molecular complexity index is 523. The van der Waals surface area contributed by atoms with Crippen LogP contribution in [-0.2, 0) is 11.2 Å². The van der Waals surface area contributed by atoms with Crippen molar-refractivity contribution in [2.75, 3.05) is 11.9 Å². The van der Waals surface area contributed by atoms with E-state index in [0.29, 0.717) is 13.0 Å². The molecule has 1 N–H and O–H groups in total. The lowest BCUT2D eigenvalue weighted by Crippen LogP contribution is -2.15. The van der Waals surface area contributed by atoms with Gasteiger partial charge in [-0.3, -0.25) is 4.79 Å². The van der Waals surface area contributed by atoms with Gasteiger partial charge in [0, 0.05) is 0 Å². The summed E-state index contributed by atoms with van der Waals surface area (Å²) in [6, 6.07) is 9.48. The first-order valence-electron chi connectivity index (χ1n) is 6.32. The highest BCUT2D eigenvalue weighted by Crippen LogP contribution is 2.24. The first-order chi connectivity index (χ1) is 9.29. The van der Waals surface area contributed by atoms with Crippen LogP contribution in [-0.4, -0.2) is 12.5 Å². The second kappa shape index (κ2) is 6.95. The molecule has 0 radical (unpaired) electrons. The minimum Gasteiger partial charge on any atom is -0.491 e. The van der Waals surface area contributed by atoms with Crippen LogP contribution in [0.2, 0.25) is 0 Å². The summed E-state index contributed by atoms with van der Waals surface area (Å²) in [5.74, 6) is 0.703. The molecule has 100 valence electrons. The smallest absolute Gasteiger partial charge is 0.228 e. The Morgan fingerprint density at radius 1 is 1.32 bits per heavy atom. The first-order valence-corrected chi connectivity index (χ1v) is 7.26. The van der Waals surface area contributed by atoms with Crippen LogP contribution in [0.4, 0.5) is 5.69 Å². The number of carbonyl (C=O) groups is 1. The second-order valence-corrected chi connectivity index (χ2v) is 4.98. The lowest BCUT2D eigenvalue weighted by molar-refractivity contribution is -0.115. The van der Waals surface area contributed by atoms with Gasteiger partial charge in [0.05, 0.1) is 18.7 Å². The molecule has 1 aromatic heterocycles. The van der Waals surface area contributed by atoms with Gasteiger partial charge in [-0.25, -0.2) is 0 Å². The molecule has 0 aliphatic carbocycles. The van der Waals surface area contributed by atoms with Gasteiger partial charge in [-0.05, 0) is 40.9 Å². The van der Waals surface area contributed by atoms with Crippen molar-refractivity contribution in [3.63, 3.8) is 0 Å². The molecule has 0 unspecified atom stereocenters. The van der Waals surface area contributed by atoms with E-state index in [1.807, 2.05) is 41.1 Å². The van der Waals surface area contributed by atoms with Crippen LogP contribution >= 0.6 is 11.3 Å². The number of benzene rings is 1. The molecule has 0 spiro atoms. The molecule has 0 atom stereocenters. The zero-order valence-electron chi connectivity index (χ0n) is 10.9. The number of amides is 1. The molecular formula is C15H17NO2S. The number of hydrogen-bond acceptors (Lipinski definition) is 3. The maximum absolute atomic E-state index is 11.9. The Hall–Kier alpha value is -1.81. The van der Waals surface area contributed by atoms with E-state index in [4.69, 9.17) is 4.74 Å². The van der Waals surface area contributed by atoms with Crippen LogP contribution in [0.3, 0.4) is 0 Å². The van der Waals surface area contributed by atoms with Crippen LogP contribution < -0.4 is 10.1 Å². The molecule has 1 aromatic carbocycles. The molecule has 1 heterocycles. The second-order valence-electron chi connectivity index (χ2n) is 4.20. The van der Waals surface area contributed by atoms with Crippen LogP contribution in [0.25, 0.3) is 0 Å². The van der Waals surface area contributed by atoms with Crippen molar-refractivity contribution in [3.8, 4) is 5.75 Å². The number of ether oxygens (including phenoxy) is 1. The Labute approximate surface area is 117 Å². The molecule has 0 saturated heterocycles. The summed E-state index contributed by atoms with van der Waals surface area (Å²) in [5.41, 5.74) is 1.77. The topological polar surface area (TPSA) is 38.3 Å². The maximum atomic E-state index is 11.9. The van der Waals surface area contributed by atoms with Crippen molar-refractivity contribution >= 4 is 22.9 Å². The highest BCUT2D eigenvalue weighted by molar-refractivity contribution is 7.08. The molecule has 0 aliphatic heterocycles. The summed E-state index contributed by atoms with van der Waals surface area (Å²) in [5, 5.41) is 6.86. The zero-order valence-corrected chi connectivity index (χ0v) is 11.7. The Morgan fingerprint density at radius 2 is 2.16 bits per heavy atom. The standard InChI is InChI=1S/C15H17NO2S/c1-2-8-18-14-6-4-3-5-13(14)16-15(17)10-12-7-9-19-11-12/h3-7,9,11H,2,8,10H2,1H3,(H,16,17). The van der Waals surface area contributed by atoms with Crippen molar-refractivity contribution in [1.82, 2.24) is 0 Å². The number of para-hydroxylation sites is 2. The molecule has 0 fully saturated rings. The van der Waals surface area contributed by atoms with Gasteiger partial charge in [-0.1, -0.05) is 19.1 Å². The fourth-order valence-corrected chi connectivity index (χ4v) is 2.35. The van der Waals surface area contributed by atoms with Crippen LogP contribution in [0.1, 0.15) is 18.9 Å². The maximum Gasteiger partial charge on any atom is 0.228 e. The number of anilines is 1. The molecular weight excluding hydrogens is 258 g/mol. The molecule has 19 heavy (non-hydrogen) atoms. The SMILES string of the molecule is CCCOc1ccccc1NC(=O)Cc1ccsc1. The number of carbonyl (C=O) groups excluding carboxylic acids is 1. The molecule has 0 bridgehead atoms. The monoisotopic (exact) mass is 275 g/mol. The third-order valence-electron chi connectivity index (χ3n) is 2.57. The average Bonchev–Trinajstić information content (AvgIpc) is 2.90. The minimum absolute atomic E-state index is 0.0223. The zero-order chi connectivity index (χ0) is 13.5. The predicted octanol–water partition coefficient (Wildman–Crippen LogP) is 3.72. The van der Waals surface area contributed by atoms with E-state index in [1.54, 1.807) is 11.3 Å². The molecule has 2 aromatic rings. The van der Waals surface area contributed by atoms with Gasteiger partial charge in [-0.15, -0.1) is 0 Å². The average molecular weight is 275 g/mol. The fraction of sp³-hybridized carbons (Fsp3) is 0.267. The number of nitrogens with one attached hydrogen (secondary N) is 1. The number of rotatable bonds is 6. The van der Waals surface area contributed by atoms with Gasteiger partial charge in [0.25, 0.3) is 0 Å². The molecule has 2 rings (SSSR count). The third-order valence-corrected chi connectivity index (χ3v) is 3.30. The third kappa shape index (κ3) is 4.10. The van der Waals surface area contributed by atoms with Crippen LogP contribution in [0.5, 0.6) is 5.75 Å². The van der Waals surface area contributed by atoms with Crippen molar-refractivity contribution in [3.05, 3.63) is 46.7 Å². The van der Waals surface area contributed by atoms with E-state index in [-0.39, 0.29) is 5.91 Å². The van der Waals surface area contributed by atoms with Crippen molar-refractivity contribution < 1.29 is 9.53 Å². The summed E-state index contributed by atoms with van der Waals surface area (Å²) >= 11 is 1.60. The highest BCUT2D eigenvalue weighted by Gasteiger charge is 2.08. The van der Waals surface area contributed by atoms with Gasteiger partial charge in [0.2, 0.25) is 5.91 Å². The summed E-state index contributed by atoms with van der Waals surface area (Å²) < 4.78 is 5.61. The molecule has 0 aliphatic rings. The lowest BCUT2D eigenvalue weighted by atomic mass is 10.2. The molecule has 0 saturated carbocycles. The van der Waals surface area contributed by atoms with Crippen molar-refractivity contribution in [2.45, 2.75) is 19.8 Å². The van der Waals surface area contributed by atoms with Gasteiger partial charge >= 0.3 is 0 Å². The Morgan fingerprint density at radius 3 is 2.89 bits per heavy atom. The molecule has 3 nitrogen and oxygen atoms in total. The first kappa shape index (κ1) is 13.6. The van der Waals surface area contributed by atoms with Gasteiger partial charge < -0.3 is 10.1 Å². The number of hydrogen-bond donors (Lipinski definition) is 1. The predicted molar refractivity (Wildman–Crippen MR) is 78.9 cm³/mol. The minimum atomic E-state index is -0.0223. The largest absolute Gasteiger partial charge is 0.491 e. The van der Waals surface area contributed by atoms with E-state index >= 15 is 0 Å². The fourth-order valence-electron chi connectivity index (χ4n) is 1.68. The Balaban J connectivity index is 1.99. The van der Waals surface area contributed by atoms with E-state index in [2.05, 4.69) is 12.2 Å². The molecule has 4 heteroatoms. The van der Waals surface area contributed by atoms with Crippen LogP contribution in [0, 0.1) is 0 Å². The normalized spacial score (nSPS) is 10.2. The summed E-state index contributed by atoms with van der Waals surface area (Å²) in [7, 11) is 0. The van der Waals surface area contributed by atoms with Crippen molar-refractivity contribution in [1.29, 1.82) is 0 Å². The molecule has 1 amide bonds. The van der Waals surface area contributed by atoms with Gasteiger partial charge in [-0.2, -0.15) is 11.3 Å². The Kier molecular flexibility index (Phi) is 4.98. The van der Waals surface area contributed by atoms with Gasteiger partial charge in [0.1, 0.15) is 5.75 Å². The van der Waals surface area contributed by atoms with Crippen LogP contribution in [0.15, 0.2) is 41.1 Å². The van der Waals surface area contributed by atoms with E-state index in [9.17, 15) is 4.79 Å². The summed E-state index contributed by atoms with van der Waals surface area (Å²) in [6.07, 6.45) is 1.34. The summed E-state index contributed by atoms with van der Waals surface area (Å²) in [4.78, 5) is 11.9. The highest BCUT2D eigenvalue weighted by atomic mass is 32.1.